The fourth-order valence-corrected chi connectivity index (χ4v) is 3.39. The Labute approximate surface area is 163 Å². The number of aryl methyl sites for hydroxylation is 2. The van der Waals surface area contributed by atoms with Crippen LogP contribution in [0.4, 0.5) is 0 Å². The molecular weight excluding hydrogens is 358 g/mol. The minimum Gasteiger partial charge on any atom is -0.361 e. The van der Waals surface area contributed by atoms with E-state index in [-0.39, 0.29) is 5.91 Å². The zero-order valence-electron chi connectivity index (χ0n) is 16.1. The molecule has 1 aliphatic heterocycles. The van der Waals surface area contributed by atoms with Crippen LogP contribution in [-0.2, 0) is 17.8 Å². The van der Waals surface area contributed by atoms with Crippen molar-refractivity contribution in [2.24, 2.45) is 0 Å². The molecule has 0 unspecified atom stereocenters. The number of hydrogen-bond donors (Lipinski definition) is 0. The van der Waals surface area contributed by atoms with Crippen LogP contribution in [0.2, 0.25) is 0 Å². The number of nitrogens with zero attached hydrogens (tertiary/aromatic N) is 5. The van der Waals surface area contributed by atoms with Gasteiger partial charge >= 0.3 is 0 Å². The van der Waals surface area contributed by atoms with Gasteiger partial charge in [0.15, 0.2) is 0 Å². The van der Waals surface area contributed by atoms with Crippen LogP contribution in [0.5, 0.6) is 0 Å². The lowest BCUT2D eigenvalue weighted by Gasteiger charge is -2.34. The maximum absolute atomic E-state index is 12.6. The standard InChI is InChI=1S/C20H23N5O3/c1-14-17(15(2)27-22-14)12-19(26)25-10-8-24(9-11-25)13-18-21-20(23-28-18)16-6-4-3-5-7-16/h3-7H,8-13H2,1-2H3. The molecule has 1 saturated heterocycles. The van der Waals surface area contributed by atoms with E-state index in [9.17, 15) is 4.79 Å². The van der Waals surface area contributed by atoms with Crippen molar-refractivity contribution in [3.8, 4) is 11.4 Å². The van der Waals surface area contributed by atoms with Crippen LogP contribution in [0.1, 0.15) is 22.9 Å². The number of aromatic nitrogens is 3. The van der Waals surface area contributed by atoms with Crippen molar-refractivity contribution in [1.29, 1.82) is 0 Å². The summed E-state index contributed by atoms with van der Waals surface area (Å²) >= 11 is 0. The van der Waals surface area contributed by atoms with Crippen LogP contribution in [-0.4, -0.2) is 57.2 Å². The predicted molar refractivity (Wildman–Crippen MR) is 101 cm³/mol. The van der Waals surface area contributed by atoms with Crippen LogP contribution in [0.25, 0.3) is 11.4 Å². The maximum atomic E-state index is 12.6. The average Bonchev–Trinajstić information content (AvgIpc) is 3.31. The molecule has 1 amide bonds. The quantitative estimate of drug-likeness (QED) is 0.669. The van der Waals surface area contributed by atoms with E-state index in [1.54, 1.807) is 0 Å². The molecule has 2 aromatic heterocycles. The van der Waals surface area contributed by atoms with Gasteiger partial charge < -0.3 is 13.9 Å². The molecule has 8 heteroatoms. The van der Waals surface area contributed by atoms with Crippen molar-refractivity contribution >= 4 is 5.91 Å². The van der Waals surface area contributed by atoms with Crippen molar-refractivity contribution in [1.82, 2.24) is 25.1 Å². The van der Waals surface area contributed by atoms with Crippen LogP contribution in [0.3, 0.4) is 0 Å². The summed E-state index contributed by atoms with van der Waals surface area (Å²) in [6, 6.07) is 9.77. The fourth-order valence-electron chi connectivity index (χ4n) is 3.39. The molecule has 1 fully saturated rings. The van der Waals surface area contributed by atoms with Crippen LogP contribution < -0.4 is 0 Å². The first-order valence-electron chi connectivity index (χ1n) is 9.40. The van der Waals surface area contributed by atoms with Gasteiger partial charge in [0.1, 0.15) is 5.76 Å². The van der Waals surface area contributed by atoms with E-state index in [0.29, 0.717) is 37.8 Å². The summed E-state index contributed by atoms with van der Waals surface area (Å²) in [5.41, 5.74) is 2.62. The lowest BCUT2D eigenvalue weighted by Crippen LogP contribution is -2.48. The maximum Gasteiger partial charge on any atom is 0.241 e. The highest BCUT2D eigenvalue weighted by Crippen LogP contribution is 2.17. The summed E-state index contributed by atoms with van der Waals surface area (Å²) in [5, 5.41) is 7.98. The van der Waals surface area contributed by atoms with E-state index in [0.717, 1.165) is 35.7 Å². The topological polar surface area (TPSA) is 88.5 Å². The van der Waals surface area contributed by atoms with Crippen molar-refractivity contribution < 1.29 is 13.8 Å². The van der Waals surface area contributed by atoms with Crippen LogP contribution in [0, 0.1) is 13.8 Å². The molecule has 4 rings (SSSR count). The average molecular weight is 381 g/mol. The summed E-state index contributed by atoms with van der Waals surface area (Å²) in [7, 11) is 0. The molecular formula is C20H23N5O3. The van der Waals surface area contributed by atoms with E-state index in [2.05, 4.69) is 20.2 Å². The summed E-state index contributed by atoms with van der Waals surface area (Å²) in [6.45, 7) is 7.21. The highest BCUT2D eigenvalue weighted by molar-refractivity contribution is 5.79. The normalized spacial score (nSPS) is 15.1. The number of carbonyl (C=O) groups excluding carboxylic acids is 1. The molecule has 0 aliphatic carbocycles. The Morgan fingerprint density at radius 2 is 1.79 bits per heavy atom. The number of piperazine rings is 1. The van der Waals surface area contributed by atoms with Crippen LogP contribution >= 0.6 is 0 Å². The molecule has 8 nitrogen and oxygen atoms in total. The smallest absolute Gasteiger partial charge is 0.241 e. The minimum absolute atomic E-state index is 0.109. The van der Waals surface area contributed by atoms with E-state index >= 15 is 0 Å². The molecule has 146 valence electrons. The second-order valence-corrected chi connectivity index (χ2v) is 7.01. The molecule has 3 heterocycles. The summed E-state index contributed by atoms with van der Waals surface area (Å²) in [4.78, 5) is 21.2. The number of rotatable bonds is 5. The van der Waals surface area contributed by atoms with Gasteiger partial charge in [0, 0.05) is 37.3 Å². The third-order valence-corrected chi connectivity index (χ3v) is 5.09. The van der Waals surface area contributed by atoms with Crippen molar-refractivity contribution in [3.63, 3.8) is 0 Å². The zero-order chi connectivity index (χ0) is 19.5. The number of carbonyl (C=O) groups is 1. The Hall–Kier alpha value is -3.00. The summed E-state index contributed by atoms with van der Waals surface area (Å²) < 4.78 is 10.5. The van der Waals surface area contributed by atoms with Gasteiger partial charge in [0.2, 0.25) is 17.6 Å². The molecule has 0 bridgehead atoms. The Balaban J connectivity index is 1.30. The Morgan fingerprint density at radius 1 is 1.04 bits per heavy atom. The monoisotopic (exact) mass is 381 g/mol. The molecule has 0 spiro atoms. The fraction of sp³-hybridized carbons (Fsp3) is 0.400. The van der Waals surface area contributed by atoms with E-state index < -0.39 is 0 Å². The third-order valence-electron chi connectivity index (χ3n) is 5.09. The molecule has 1 aliphatic rings. The summed E-state index contributed by atoms with van der Waals surface area (Å²) in [6.07, 6.45) is 0.339. The second-order valence-electron chi connectivity index (χ2n) is 7.01. The largest absolute Gasteiger partial charge is 0.361 e. The molecule has 0 radical (unpaired) electrons. The van der Waals surface area contributed by atoms with Gasteiger partial charge in [-0.3, -0.25) is 9.69 Å². The SMILES string of the molecule is Cc1noc(C)c1CC(=O)N1CCN(Cc2nc(-c3ccccc3)no2)CC1. The zero-order valence-corrected chi connectivity index (χ0v) is 16.1. The van der Waals surface area contributed by atoms with Gasteiger partial charge in [0.05, 0.1) is 18.7 Å². The van der Waals surface area contributed by atoms with Crippen molar-refractivity contribution in [2.75, 3.05) is 26.2 Å². The molecule has 0 saturated carbocycles. The van der Waals surface area contributed by atoms with E-state index in [4.69, 9.17) is 9.05 Å². The second kappa shape index (κ2) is 7.93. The van der Waals surface area contributed by atoms with Gasteiger partial charge in [-0.1, -0.05) is 40.6 Å². The molecule has 0 N–H and O–H groups in total. The number of benzene rings is 1. The number of hydrogen-bond acceptors (Lipinski definition) is 7. The Bertz CT molecular complexity index is 922. The molecule has 3 aromatic rings. The minimum atomic E-state index is 0.109. The van der Waals surface area contributed by atoms with Gasteiger partial charge in [0.25, 0.3) is 0 Å². The van der Waals surface area contributed by atoms with Gasteiger partial charge in [-0.2, -0.15) is 4.98 Å². The van der Waals surface area contributed by atoms with Crippen molar-refractivity contribution in [3.05, 3.63) is 53.2 Å². The Kier molecular flexibility index (Phi) is 5.21. The van der Waals surface area contributed by atoms with Crippen molar-refractivity contribution in [2.45, 2.75) is 26.8 Å². The van der Waals surface area contributed by atoms with Gasteiger partial charge in [-0.25, -0.2) is 0 Å². The highest BCUT2D eigenvalue weighted by atomic mass is 16.5. The first-order chi connectivity index (χ1) is 13.6. The highest BCUT2D eigenvalue weighted by Gasteiger charge is 2.24. The number of amides is 1. The molecule has 28 heavy (non-hydrogen) atoms. The van der Waals surface area contributed by atoms with E-state index in [1.165, 1.54) is 0 Å². The lowest BCUT2D eigenvalue weighted by atomic mass is 10.1. The summed E-state index contributed by atoms with van der Waals surface area (Å²) in [5.74, 6) is 2.02. The molecule has 0 atom stereocenters. The predicted octanol–water partition coefficient (Wildman–Crippen LogP) is 2.23. The first kappa shape index (κ1) is 18.4. The molecule has 1 aromatic carbocycles. The van der Waals surface area contributed by atoms with Gasteiger partial charge in [-0.05, 0) is 13.8 Å². The Morgan fingerprint density at radius 3 is 2.46 bits per heavy atom. The first-order valence-corrected chi connectivity index (χ1v) is 9.40. The lowest BCUT2D eigenvalue weighted by molar-refractivity contribution is -0.132. The van der Waals surface area contributed by atoms with Gasteiger partial charge in [-0.15, -0.1) is 0 Å². The third kappa shape index (κ3) is 3.96. The van der Waals surface area contributed by atoms with Crippen LogP contribution in [0.15, 0.2) is 39.4 Å². The van der Waals surface area contributed by atoms with E-state index in [1.807, 2.05) is 49.1 Å².